The maximum atomic E-state index is 14.0. The maximum Gasteiger partial charge on any atom is 0.244 e. The van der Waals surface area contributed by atoms with Gasteiger partial charge in [-0.25, -0.2) is 31.1 Å². The van der Waals surface area contributed by atoms with Gasteiger partial charge in [0.2, 0.25) is 10.0 Å². The van der Waals surface area contributed by atoms with Crippen LogP contribution in [0, 0.1) is 23.3 Å². The Kier molecular flexibility index (Phi) is 4.13. The van der Waals surface area contributed by atoms with E-state index >= 15 is 0 Å². The van der Waals surface area contributed by atoms with Crippen molar-refractivity contribution in [1.82, 2.24) is 4.90 Å². The highest BCUT2D eigenvalue weighted by atomic mass is 32.2. The number of halogens is 4. The third-order valence-electron chi connectivity index (χ3n) is 3.30. The van der Waals surface area contributed by atoms with Crippen molar-refractivity contribution in [1.29, 1.82) is 0 Å². The molecule has 0 spiro atoms. The lowest BCUT2D eigenvalue weighted by atomic mass is 10.2. The van der Waals surface area contributed by atoms with Crippen molar-refractivity contribution in [3.05, 3.63) is 23.3 Å². The Morgan fingerprint density at radius 1 is 0.905 bits per heavy atom. The second-order valence-corrected chi connectivity index (χ2v) is 6.27. The van der Waals surface area contributed by atoms with Crippen LogP contribution in [0.15, 0.2) is 4.90 Å². The predicted octanol–water partition coefficient (Wildman–Crippen LogP) is 0.642. The number of hydrogen-bond donors (Lipinski definition) is 1. The monoisotopic (exact) mass is 327 g/mol. The van der Waals surface area contributed by atoms with Crippen LogP contribution in [0.1, 0.15) is 0 Å². The summed E-state index contributed by atoms with van der Waals surface area (Å²) in [4.78, 5) is 1.21. The topological polar surface area (TPSA) is 66.6 Å². The number of primary sulfonamides is 1. The van der Waals surface area contributed by atoms with Gasteiger partial charge in [0.05, 0.1) is 0 Å². The Labute approximate surface area is 119 Å². The van der Waals surface area contributed by atoms with Crippen molar-refractivity contribution in [2.75, 3.05) is 38.1 Å². The Bertz CT molecular complexity index is 644. The normalized spacial score (nSPS) is 17.3. The molecule has 0 atom stereocenters. The molecule has 118 valence electrons. The fourth-order valence-electron chi connectivity index (χ4n) is 2.16. The largest absolute Gasteiger partial charge is 0.364 e. The molecular formula is C11H13F4N3O2S. The van der Waals surface area contributed by atoms with Crippen molar-refractivity contribution in [3.63, 3.8) is 0 Å². The molecule has 1 fully saturated rings. The van der Waals surface area contributed by atoms with E-state index < -0.39 is 43.9 Å². The zero-order valence-corrected chi connectivity index (χ0v) is 11.9. The molecule has 0 amide bonds. The minimum atomic E-state index is -4.92. The number of rotatable bonds is 2. The van der Waals surface area contributed by atoms with Gasteiger partial charge in [0, 0.05) is 26.2 Å². The first kappa shape index (κ1) is 16.0. The molecule has 1 aliphatic heterocycles. The molecule has 0 aliphatic carbocycles. The number of hydrogen-bond acceptors (Lipinski definition) is 4. The highest BCUT2D eigenvalue weighted by Gasteiger charge is 2.34. The van der Waals surface area contributed by atoms with Crippen LogP contribution in [-0.2, 0) is 10.0 Å². The smallest absolute Gasteiger partial charge is 0.244 e. The Morgan fingerprint density at radius 2 is 1.33 bits per heavy atom. The molecule has 0 unspecified atom stereocenters. The van der Waals surface area contributed by atoms with Gasteiger partial charge in [-0.15, -0.1) is 0 Å². The third kappa shape index (κ3) is 2.83. The summed E-state index contributed by atoms with van der Waals surface area (Å²) in [6.45, 7) is 1.19. The quantitative estimate of drug-likeness (QED) is 0.640. The molecule has 0 saturated carbocycles. The fourth-order valence-corrected chi connectivity index (χ4v) is 2.84. The maximum absolute atomic E-state index is 14.0. The Hall–Kier alpha value is -1.39. The molecule has 0 radical (unpaired) electrons. The lowest BCUT2D eigenvalue weighted by Gasteiger charge is -2.34. The van der Waals surface area contributed by atoms with E-state index in [1.807, 2.05) is 4.90 Å². The van der Waals surface area contributed by atoms with E-state index in [1.54, 1.807) is 7.05 Å². The summed E-state index contributed by atoms with van der Waals surface area (Å²) in [6, 6.07) is 0. The SMILES string of the molecule is CN1CCN(c2c(F)c(F)c(S(N)(=O)=O)c(F)c2F)CC1. The first-order chi connectivity index (χ1) is 9.64. The van der Waals surface area contributed by atoms with Crippen LogP contribution in [0.2, 0.25) is 0 Å². The van der Waals surface area contributed by atoms with Crippen molar-refractivity contribution in [2.45, 2.75) is 4.90 Å². The molecule has 1 aromatic rings. The molecule has 1 heterocycles. The van der Waals surface area contributed by atoms with Crippen LogP contribution in [0.25, 0.3) is 0 Å². The molecule has 1 aromatic carbocycles. The van der Waals surface area contributed by atoms with Gasteiger partial charge in [-0.3, -0.25) is 0 Å². The molecule has 1 aliphatic rings. The predicted molar refractivity (Wildman–Crippen MR) is 67.4 cm³/mol. The van der Waals surface area contributed by atoms with E-state index in [9.17, 15) is 26.0 Å². The number of benzene rings is 1. The van der Waals surface area contributed by atoms with Crippen LogP contribution in [0.4, 0.5) is 23.2 Å². The van der Waals surface area contributed by atoms with Gasteiger partial charge in [0.25, 0.3) is 0 Å². The summed E-state index contributed by atoms with van der Waals surface area (Å²) in [5.41, 5.74) is -0.912. The zero-order chi connectivity index (χ0) is 15.9. The van der Waals surface area contributed by atoms with E-state index in [-0.39, 0.29) is 13.1 Å². The Morgan fingerprint density at radius 3 is 1.71 bits per heavy atom. The summed E-state index contributed by atoms with van der Waals surface area (Å²) >= 11 is 0. The van der Waals surface area contributed by atoms with Crippen LogP contribution in [0.3, 0.4) is 0 Å². The molecular weight excluding hydrogens is 314 g/mol. The number of sulfonamides is 1. The second kappa shape index (κ2) is 5.43. The fraction of sp³-hybridized carbons (Fsp3) is 0.455. The van der Waals surface area contributed by atoms with Crippen LogP contribution >= 0.6 is 0 Å². The summed E-state index contributed by atoms with van der Waals surface area (Å²) < 4.78 is 77.5. The third-order valence-corrected chi connectivity index (χ3v) is 4.23. The average molecular weight is 327 g/mol. The van der Waals surface area contributed by atoms with Crippen molar-refractivity contribution < 1.29 is 26.0 Å². The molecule has 2 rings (SSSR count). The molecule has 21 heavy (non-hydrogen) atoms. The number of likely N-dealkylation sites (N-methyl/N-ethyl adjacent to an activating group) is 1. The highest BCUT2D eigenvalue weighted by Crippen LogP contribution is 2.33. The van der Waals surface area contributed by atoms with E-state index in [0.29, 0.717) is 13.1 Å². The summed E-state index contributed by atoms with van der Waals surface area (Å²) in [5.74, 6) is -7.54. The number of anilines is 1. The van der Waals surface area contributed by atoms with Gasteiger partial charge in [0.1, 0.15) is 5.69 Å². The van der Waals surface area contributed by atoms with Crippen molar-refractivity contribution in [2.24, 2.45) is 5.14 Å². The van der Waals surface area contributed by atoms with Gasteiger partial charge in [-0.05, 0) is 7.05 Å². The van der Waals surface area contributed by atoms with Gasteiger partial charge in [-0.1, -0.05) is 0 Å². The van der Waals surface area contributed by atoms with Crippen molar-refractivity contribution >= 4 is 15.7 Å². The molecule has 5 nitrogen and oxygen atoms in total. The molecule has 1 saturated heterocycles. The number of nitrogens with zero attached hydrogens (tertiary/aromatic N) is 2. The standard InChI is InChI=1S/C11H13F4N3O2S/c1-17-2-4-18(5-3-17)10-6(12)8(14)11(21(16,19)20)9(15)7(10)13/h2-5H2,1H3,(H2,16,19,20). The second-order valence-electron chi connectivity index (χ2n) is 4.77. The first-order valence-corrected chi connectivity index (χ1v) is 7.51. The summed E-state index contributed by atoms with van der Waals surface area (Å²) in [5, 5.41) is 4.58. The molecule has 0 bridgehead atoms. The first-order valence-electron chi connectivity index (χ1n) is 5.96. The van der Waals surface area contributed by atoms with Gasteiger partial charge < -0.3 is 9.80 Å². The molecule has 2 N–H and O–H groups in total. The Balaban J connectivity index is 2.60. The van der Waals surface area contributed by atoms with E-state index in [1.165, 1.54) is 0 Å². The van der Waals surface area contributed by atoms with E-state index in [0.717, 1.165) is 4.90 Å². The van der Waals surface area contributed by atoms with Gasteiger partial charge in [-0.2, -0.15) is 0 Å². The van der Waals surface area contributed by atoms with Crippen LogP contribution in [-0.4, -0.2) is 46.5 Å². The van der Waals surface area contributed by atoms with Crippen LogP contribution in [0.5, 0.6) is 0 Å². The van der Waals surface area contributed by atoms with E-state index in [2.05, 4.69) is 5.14 Å². The number of nitrogens with two attached hydrogens (primary N) is 1. The molecule has 0 aromatic heterocycles. The highest BCUT2D eigenvalue weighted by molar-refractivity contribution is 7.89. The van der Waals surface area contributed by atoms with Crippen molar-refractivity contribution in [3.8, 4) is 0 Å². The molecule has 10 heteroatoms. The lowest BCUT2D eigenvalue weighted by Crippen LogP contribution is -2.45. The summed E-state index contributed by atoms with van der Waals surface area (Å²) in [7, 11) is -3.14. The van der Waals surface area contributed by atoms with Crippen LogP contribution < -0.4 is 10.0 Å². The van der Waals surface area contributed by atoms with Gasteiger partial charge in [0.15, 0.2) is 28.2 Å². The minimum Gasteiger partial charge on any atom is -0.364 e. The number of piperazine rings is 1. The lowest BCUT2D eigenvalue weighted by molar-refractivity contribution is 0.308. The van der Waals surface area contributed by atoms with E-state index in [4.69, 9.17) is 0 Å². The summed E-state index contributed by atoms with van der Waals surface area (Å²) in [6.07, 6.45) is 0. The van der Waals surface area contributed by atoms with Gasteiger partial charge >= 0.3 is 0 Å². The minimum absolute atomic E-state index is 0.151. The average Bonchev–Trinajstić information content (AvgIpc) is 2.37. The zero-order valence-electron chi connectivity index (χ0n) is 11.0.